The summed E-state index contributed by atoms with van der Waals surface area (Å²) in [5.41, 5.74) is 1.21. The number of carbonyl (C=O) groups is 1. The van der Waals surface area contributed by atoms with Crippen LogP contribution in [0.3, 0.4) is 0 Å². The molecule has 2 rings (SSSR count). The maximum atomic E-state index is 10.5. The third-order valence-corrected chi connectivity index (χ3v) is 4.00. The van der Waals surface area contributed by atoms with Crippen LogP contribution in [0, 0.1) is 5.92 Å². The Bertz CT molecular complexity index is 333. The van der Waals surface area contributed by atoms with Gasteiger partial charge in [-0.1, -0.05) is 46.3 Å². The molecule has 0 saturated heterocycles. The molecular formula is C13H15BrO2. The lowest BCUT2D eigenvalue weighted by atomic mass is 9.80. The van der Waals surface area contributed by atoms with Gasteiger partial charge in [-0.15, -0.1) is 0 Å². The predicted octanol–water partition coefficient (Wildman–Crippen LogP) is 2.94. The van der Waals surface area contributed by atoms with Gasteiger partial charge in [0.25, 0.3) is 0 Å². The molecule has 3 heteroatoms. The van der Waals surface area contributed by atoms with E-state index in [-0.39, 0.29) is 4.83 Å². The smallest absolute Gasteiger partial charge is 0.133 e. The van der Waals surface area contributed by atoms with Crippen molar-refractivity contribution in [2.24, 2.45) is 5.92 Å². The first-order chi connectivity index (χ1) is 7.79. The number of aldehydes is 1. The standard InChI is InChI=1S/C13H15BrO2/c14-13(8-15)11-6-12(7-11)16-9-10-4-2-1-3-5-10/h1-5,8,11-13H,6-7,9H2/t11?,12?,13-/m1/s1. The maximum absolute atomic E-state index is 10.5. The number of rotatable bonds is 5. The first-order valence-corrected chi connectivity index (χ1v) is 6.46. The summed E-state index contributed by atoms with van der Waals surface area (Å²) in [4.78, 5) is 10.5. The highest BCUT2D eigenvalue weighted by atomic mass is 79.9. The highest BCUT2D eigenvalue weighted by Gasteiger charge is 2.34. The zero-order chi connectivity index (χ0) is 11.4. The van der Waals surface area contributed by atoms with Crippen LogP contribution >= 0.6 is 15.9 Å². The van der Waals surface area contributed by atoms with Crippen molar-refractivity contribution in [3.8, 4) is 0 Å². The quantitative estimate of drug-likeness (QED) is 0.613. The van der Waals surface area contributed by atoms with E-state index in [1.165, 1.54) is 5.56 Å². The van der Waals surface area contributed by atoms with Gasteiger partial charge in [0.05, 0.1) is 17.5 Å². The molecule has 1 aromatic carbocycles. The molecule has 0 radical (unpaired) electrons. The molecule has 1 saturated carbocycles. The number of halogens is 1. The second kappa shape index (κ2) is 5.60. The van der Waals surface area contributed by atoms with Gasteiger partial charge in [0.1, 0.15) is 6.29 Å². The van der Waals surface area contributed by atoms with Crippen molar-refractivity contribution in [1.29, 1.82) is 0 Å². The number of alkyl halides is 1. The molecule has 1 atom stereocenters. The molecule has 1 fully saturated rings. The highest BCUT2D eigenvalue weighted by Crippen LogP contribution is 2.35. The minimum absolute atomic E-state index is 0.00377. The maximum Gasteiger partial charge on any atom is 0.133 e. The Morgan fingerprint density at radius 3 is 2.69 bits per heavy atom. The third-order valence-electron chi connectivity index (χ3n) is 3.04. The Morgan fingerprint density at radius 2 is 2.06 bits per heavy atom. The molecule has 0 bridgehead atoms. The van der Waals surface area contributed by atoms with E-state index >= 15 is 0 Å². The van der Waals surface area contributed by atoms with E-state index in [0.29, 0.717) is 18.6 Å². The number of benzene rings is 1. The molecule has 0 amide bonds. The van der Waals surface area contributed by atoms with Gasteiger partial charge in [-0.2, -0.15) is 0 Å². The van der Waals surface area contributed by atoms with Gasteiger partial charge in [-0.05, 0) is 24.3 Å². The minimum atomic E-state index is 0.00377. The fourth-order valence-electron chi connectivity index (χ4n) is 1.90. The van der Waals surface area contributed by atoms with Crippen LogP contribution in [0.1, 0.15) is 18.4 Å². The van der Waals surface area contributed by atoms with Crippen LogP contribution < -0.4 is 0 Å². The first kappa shape index (κ1) is 11.8. The Balaban J connectivity index is 1.69. The van der Waals surface area contributed by atoms with Gasteiger partial charge < -0.3 is 9.53 Å². The average molecular weight is 283 g/mol. The molecule has 1 aliphatic carbocycles. The summed E-state index contributed by atoms with van der Waals surface area (Å²) in [6.45, 7) is 0.673. The van der Waals surface area contributed by atoms with E-state index in [9.17, 15) is 4.79 Å². The van der Waals surface area contributed by atoms with E-state index < -0.39 is 0 Å². The molecule has 0 aliphatic heterocycles. The lowest BCUT2D eigenvalue weighted by Gasteiger charge is -2.36. The van der Waals surface area contributed by atoms with Crippen LogP contribution in [0.15, 0.2) is 30.3 Å². The van der Waals surface area contributed by atoms with Crippen molar-refractivity contribution < 1.29 is 9.53 Å². The van der Waals surface area contributed by atoms with Crippen LogP contribution in [0.2, 0.25) is 0 Å². The predicted molar refractivity (Wildman–Crippen MR) is 66.5 cm³/mol. The topological polar surface area (TPSA) is 26.3 Å². The lowest BCUT2D eigenvalue weighted by molar-refractivity contribution is -0.110. The first-order valence-electron chi connectivity index (χ1n) is 5.54. The number of ether oxygens (including phenoxy) is 1. The molecule has 0 N–H and O–H groups in total. The average Bonchev–Trinajstić information content (AvgIpc) is 2.28. The molecule has 2 nitrogen and oxygen atoms in total. The van der Waals surface area contributed by atoms with E-state index in [4.69, 9.17) is 4.74 Å². The fraction of sp³-hybridized carbons (Fsp3) is 0.462. The number of hydrogen-bond donors (Lipinski definition) is 0. The number of hydrogen-bond acceptors (Lipinski definition) is 2. The van der Waals surface area contributed by atoms with Crippen LogP contribution in [-0.4, -0.2) is 17.2 Å². The zero-order valence-corrected chi connectivity index (χ0v) is 10.6. The third kappa shape index (κ3) is 2.92. The summed E-state index contributed by atoms with van der Waals surface area (Å²) < 4.78 is 5.75. The number of carbonyl (C=O) groups excluding carboxylic acids is 1. The lowest BCUT2D eigenvalue weighted by Crippen LogP contribution is -2.36. The van der Waals surface area contributed by atoms with Gasteiger partial charge in [0, 0.05) is 0 Å². The van der Waals surface area contributed by atoms with Gasteiger partial charge >= 0.3 is 0 Å². The molecule has 0 spiro atoms. The van der Waals surface area contributed by atoms with Crippen molar-refractivity contribution in [1.82, 2.24) is 0 Å². The zero-order valence-electron chi connectivity index (χ0n) is 9.01. The van der Waals surface area contributed by atoms with Crippen molar-refractivity contribution in [2.45, 2.75) is 30.4 Å². The van der Waals surface area contributed by atoms with Crippen LogP contribution in [0.5, 0.6) is 0 Å². The summed E-state index contributed by atoms with van der Waals surface area (Å²) in [5, 5.41) is 0. The molecule has 0 unspecified atom stereocenters. The highest BCUT2D eigenvalue weighted by molar-refractivity contribution is 9.10. The summed E-state index contributed by atoms with van der Waals surface area (Å²) in [6.07, 6.45) is 3.27. The summed E-state index contributed by atoms with van der Waals surface area (Å²) in [6, 6.07) is 10.2. The second-order valence-electron chi connectivity index (χ2n) is 4.23. The Morgan fingerprint density at radius 1 is 1.38 bits per heavy atom. The van der Waals surface area contributed by atoms with Gasteiger partial charge in [0.15, 0.2) is 0 Å². The molecular weight excluding hydrogens is 268 g/mol. The van der Waals surface area contributed by atoms with Crippen LogP contribution in [-0.2, 0) is 16.1 Å². The Kier molecular flexibility index (Phi) is 4.13. The van der Waals surface area contributed by atoms with Crippen molar-refractivity contribution in [2.75, 3.05) is 0 Å². The van der Waals surface area contributed by atoms with Gasteiger partial charge in [-0.25, -0.2) is 0 Å². The summed E-state index contributed by atoms with van der Waals surface area (Å²) >= 11 is 3.35. The molecule has 16 heavy (non-hydrogen) atoms. The Labute approximate surface area is 104 Å². The van der Waals surface area contributed by atoms with Crippen LogP contribution in [0.25, 0.3) is 0 Å². The molecule has 1 aliphatic rings. The van der Waals surface area contributed by atoms with Gasteiger partial charge in [-0.3, -0.25) is 0 Å². The molecule has 0 heterocycles. The fourth-order valence-corrected chi connectivity index (χ4v) is 2.33. The van der Waals surface area contributed by atoms with E-state index in [0.717, 1.165) is 19.1 Å². The minimum Gasteiger partial charge on any atom is -0.374 e. The van der Waals surface area contributed by atoms with E-state index in [1.807, 2.05) is 18.2 Å². The van der Waals surface area contributed by atoms with Gasteiger partial charge in [0.2, 0.25) is 0 Å². The van der Waals surface area contributed by atoms with Crippen molar-refractivity contribution >= 4 is 22.2 Å². The van der Waals surface area contributed by atoms with Crippen molar-refractivity contribution in [3.63, 3.8) is 0 Å². The summed E-state index contributed by atoms with van der Waals surface area (Å²) in [5.74, 6) is 0.457. The molecule has 86 valence electrons. The monoisotopic (exact) mass is 282 g/mol. The van der Waals surface area contributed by atoms with Crippen molar-refractivity contribution in [3.05, 3.63) is 35.9 Å². The van der Waals surface area contributed by atoms with E-state index in [1.54, 1.807) is 0 Å². The largest absolute Gasteiger partial charge is 0.374 e. The SMILES string of the molecule is O=C[C@@H](Br)C1CC(OCc2ccccc2)C1. The summed E-state index contributed by atoms with van der Waals surface area (Å²) in [7, 11) is 0. The normalized spacial score (nSPS) is 25.8. The second-order valence-corrected chi connectivity index (χ2v) is 5.29. The molecule has 0 aromatic heterocycles. The van der Waals surface area contributed by atoms with E-state index in [2.05, 4.69) is 28.1 Å². The Hall–Kier alpha value is -0.670. The van der Waals surface area contributed by atoms with Crippen LogP contribution in [0.4, 0.5) is 0 Å². The molecule has 1 aromatic rings.